The van der Waals surface area contributed by atoms with Crippen LogP contribution in [0.5, 0.6) is 0 Å². The average Bonchev–Trinajstić information content (AvgIpc) is 2.59. The molecule has 1 aromatic carbocycles. The number of urea groups is 1. The maximum absolute atomic E-state index is 12.0. The molecule has 1 saturated heterocycles. The normalized spacial score (nSPS) is 16.3. The average molecular weight is 317 g/mol. The smallest absolute Gasteiger partial charge is 0.317 e. The van der Waals surface area contributed by atoms with Crippen LogP contribution in [0, 0.1) is 5.92 Å². The van der Waals surface area contributed by atoms with Crippen molar-refractivity contribution in [2.45, 2.75) is 39.2 Å². The van der Waals surface area contributed by atoms with Crippen molar-refractivity contribution in [3.8, 4) is 0 Å². The number of amides is 2. The molecule has 0 spiro atoms. The van der Waals surface area contributed by atoms with Gasteiger partial charge in [0, 0.05) is 26.7 Å². The third-order valence-corrected chi connectivity index (χ3v) is 4.69. The Morgan fingerprint density at radius 3 is 2.61 bits per heavy atom. The molecule has 2 amide bonds. The third kappa shape index (κ3) is 6.22. The van der Waals surface area contributed by atoms with E-state index in [1.165, 1.54) is 18.4 Å². The van der Waals surface area contributed by atoms with Gasteiger partial charge in [-0.3, -0.25) is 4.90 Å². The molecule has 4 heteroatoms. The van der Waals surface area contributed by atoms with Gasteiger partial charge in [-0.1, -0.05) is 43.7 Å². The highest BCUT2D eigenvalue weighted by Gasteiger charge is 2.20. The number of benzene rings is 1. The number of carbonyl (C=O) groups is 1. The van der Waals surface area contributed by atoms with E-state index in [1.54, 1.807) is 4.90 Å². The molecule has 1 heterocycles. The molecular weight excluding hydrogens is 286 g/mol. The summed E-state index contributed by atoms with van der Waals surface area (Å²) in [5.74, 6) is 0.616. The molecule has 0 bridgehead atoms. The van der Waals surface area contributed by atoms with E-state index in [-0.39, 0.29) is 6.03 Å². The molecule has 0 radical (unpaired) electrons. The van der Waals surface area contributed by atoms with Crippen LogP contribution in [0.3, 0.4) is 0 Å². The summed E-state index contributed by atoms with van der Waals surface area (Å²) in [6.07, 6.45) is 4.54. The van der Waals surface area contributed by atoms with Gasteiger partial charge in [0.25, 0.3) is 0 Å². The van der Waals surface area contributed by atoms with Gasteiger partial charge < -0.3 is 10.2 Å². The van der Waals surface area contributed by atoms with Crippen molar-refractivity contribution < 1.29 is 4.79 Å². The van der Waals surface area contributed by atoms with Crippen LogP contribution in [-0.4, -0.2) is 49.1 Å². The van der Waals surface area contributed by atoms with Crippen molar-refractivity contribution in [2.24, 2.45) is 5.92 Å². The zero-order chi connectivity index (χ0) is 16.5. The van der Waals surface area contributed by atoms with Gasteiger partial charge in [-0.25, -0.2) is 4.79 Å². The number of piperidine rings is 1. The van der Waals surface area contributed by atoms with Gasteiger partial charge in [0.15, 0.2) is 0 Å². The van der Waals surface area contributed by atoms with Gasteiger partial charge in [-0.05, 0) is 43.8 Å². The van der Waals surface area contributed by atoms with Gasteiger partial charge in [0.2, 0.25) is 0 Å². The molecule has 1 fully saturated rings. The maximum Gasteiger partial charge on any atom is 0.317 e. The molecule has 1 aliphatic heterocycles. The Hall–Kier alpha value is -1.55. The van der Waals surface area contributed by atoms with Crippen molar-refractivity contribution in [1.29, 1.82) is 0 Å². The minimum atomic E-state index is 0.0742. The van der Waals surface area contributed by atoms with Gasteiger partial charge in [0.1, 0.15) is 0 Å². The summed E-state index contributed by atoms with van der Waals surface area (Å²) in [4.78, 5) is 16.3. The molecule has 0 aliphatic carbocycles. The molecule has 4 nitrogen and oxygen atoms in total. The Bertz CT molecular complexity index is 455. The fourth-order valence-corrected chi connectivity index (χ4v) is 3.05. The number of carbonyl (C=O) groups excluding carboxylic acids is 1. The lowest BCUT2D eigenvalue weighted by Crippen LogP contribution is -2.42. The third-order valence-electron chi connectivity index (χ3n) is 4.69. The SMILES string of the molecule is CCCCN(C)C(=O)NCC1CCN(Cc2ccccc2)CC1. The van der Waals surface area contributed by atoms with E-state index >= 15 is 0 Å². The first-order valence-electron chi connectivity index (χ1n) is 8.94. The molecule has 0 saturated carbocycles. The number of nitrogens with one attached hydrogen (secondary N) is 1. The van der Waals surface area contributed by atoms with Crippen molar-refractivity contribution >= 4 is 6.03 Å². The topological polar surface area (TPSA) is 35.6 Å². The molecule has 0 aromatic heterocycles. The first kappa shape index (κ1) is 17.8. The standard InChI is InChI=1S/C19H31N3O/c1-3-4-12-21(2)19(23)20-15-17-10-13-22(14-11-17)16-18-8-6-5-7-9-18/h5-9,17H,3-4,10-16H2,1-2H3,(H,20,23). The molecule has 1 aromatic rings. The van der Waals surface area contributed by atoms with Crippen LogP contribution in [0.15, 0.2) is 30.3 Å². The molecule has 0 unspecified atom stereocenters. The largest absolute Gasteiger partial charge is 0.338 e. The van der Waals surface area contributed by atoms with Crippen molar-refractivity contribution in [3.63, 3.8) is 0 Å². The van der Waals surface area contributed by atoms with Crippen molar-refractivity contribution in [1.82, 2.24) is 15.1 Å². The van der Waals surface area contributed by atoms with E-state index in [2.05, 4.69) is 47.5 Å². The van der Waals surface area contributed by atoms with Crippen LogP contribution in [0.1, 0.15) is 38.2 Å². The van der Waals surface area contributed by atoms with Gasteiger partial charge in [0.05, 0.1) is 0 Å². The second-order valence-corrected chi connectivity index (χ2v) is 6.67. The highest BCUT2D eigenvalue weighted by Crippen LogP contribution is 2.18. The van der Waals surface area contributed by atoms with E-state index in [0.717, 1.165) is 45.6 Å². The van der Waals surface area contributed by atoms with Crippen LogP contribution in [0.2, 0.25) is 0 Å². The lowest BCUT2D eigenvalue weighted by atomic mass is 9.96. The second kappa shape index (κ2) is 9.56. The predicted molar refractivity (Wildman–Crippen MR) is 95.4 cm³/mol. The quantitative estimate of drug-likeness (QED) is 0.837. The van der Waals surface area contributed by atoms with Gasteiger partial charge in [-0.15, -0.1) is 0 Å². The number of likely N-dealkylation sites (tertiary alicyclic amines) is 1. The number of rotatable bonds is 7. The van der Waals surface area contributed by atoms with Crippen LogP contribution < -0.4 is 5.32 Å². The summed E-state index contributed by atoms with van der Waals surface area (Å²) >= 11 is 0. The summed E-state index contributed by atoms with van der Waals surface area (Å²) in [5, 5.41) is 3.09. The number of hydrogen-bond acceptors (Lipinski definition) is 2. The summed E-state index contributed by atoms with van der Waals surface area (Å²) < 4.78 is 0. The number of hydrogen-bond donors (Lipinski definition) is 1. The Labute approximate surface area is 140 Å². The van der Waals surface area contributed by atoms with Crippen LogP contribution in [-0.2, 0) is 6.54 Å². The number of unbranched alkanes of at least 4 members (excludes halogenated alkanes) is 1. The Morgan fingerprint density at radius 2 is 1.96 bits per heavy atom. The summed E-state index contributed by atoms with van der Waals surface area (Å²) in [5.41, 5.74) is 1.39. The molecular formula is C19H31N3O. The zero-order valence-corrected chi connectivity index (χ0v) is 14.6. The van der Waals surface area contributed by atoms with Crippen LogP contribution >= 0.6 is 0 Å². The molecule has 128 valence electrons. The molecule has 0 atom stereocenters. The lowest BCUT2D eigenvalue weighted by molar-refractivity contribution is 0.170. The molecule has 1 N–H and O–H groups in total. The maximum atomic E-state index is 12.0. The highest BCUT2D eigenvalue weighted by atomic mass is 16.2. The monoisotopic (exact) mass is 317 g/mol. The van der Waals surface area contributed by atoms with E-state index < -0.39 is 0 Å². The highest BCUT2D eigenvalue weighted by molar-refractivity contribution is 5.73. The number of nitrogens with zero attached hydrogens (tertiary/aromatic N) is 2. The van der Waals surface area contributed by atoms with Crippen molar-refractivity contribution in [2.75, 3.05) is 33.2 Å². The molecule has 2 rings (SSSR count). The van der Waals surface area contributed by atoms with E-state index in [4.69, 9.17) is 0 Å². The summed E-state index contributed by atoms with van der Waals surface area (Å²) in [6.45, 7) is 7.10. The van der Waals surface area contributed by atoms with Crippen molar-refractivity contribution in [3.05, 3.63) is 35.9 Å². The first-order chi connectivity index (χ1) is 11.2. The fourth-order valence-electron chi connectivity index (χ4n) is 3.05. The Morgan fingerprint density at radius 1 is 1.26 bits per heavy atom. The van der Waals surface area contributed by atoms with E-state index in [1.807, 2.05) is 7.05 Å². The Kier molecular flexibility index (Phi) is 7.40. The molecule has 1 aliphatic rings. The zero-order valence-electron chi connectivity index (χ0n) is 14.6. The Balaban J connectivity index is 1.64. The predicted octanol–water partition coefficient (Wildman–Crippen LogP) is 3.34. The van der Waals surface area contributed by atoms with E-state index in [9.17, 15) is 4.79 Å². The van der Waals surface area contributed by atoms with Crippen LogP contribution in [0.4, 0.5) is 4.79 Å². The second-order valence-electron chi connectivity index (χ2n) is 6.67. The van der Waals surface area contributed by atoms with Crippen LogP contribution in [0.25, 0.3) is 0 Å². The first-order valence-corrected chi connectivity index (χ1v) is 8.94. The summed E-state index contributed by atoms with van der Waals surface area (Å²) in [7, 11) is 1.88. The van der Waals surface area contributed by atoms with Gasteiger partial charge >= 0.3 is 6.03 Å². The minimum absolute atomic E-state index is 0.0742. The fraction of sp³-hybridized carbons (Fsp3) is 0.632. The van der Waals surface area contributed by atoms with E-state index in [0.29, 0.717) is 5.92 Å². The molecule has 23 heavy (non-hydrogen) atoms. The summed E-state index contributed by atoms with van der Waals surface area (Å²) in [6, 6.07) is 10.7. The minimum Gasteiger partial charge on any atom is -0.338 e. The van der Waals surface area contributed by atoms with Gasteiger partial charge in [-0.2, -0.15) is 0 Å². The lowest BCUT2D eigenvalue weighted by Gasteiger charge is -2.32.